The zero-order valence-electron chi connectivity index (χ0n) is 19.4. The molecule has 4 aromatic rings. The zero-order chi connectivity index (χ0) is 25.1. The van der Waals surface area contributed by atoms with Crippen LogP contribution in [0.4, 0.5) is 9.18 Å². The van der Waals surface area contributed by atoms with Gasteiger partial charge in [-0.15, -0.1) is 0 Å². The lowest BCUT2D eigenvalue weighted by molar-refractivity contribution is -0.123. The topological polar surface area (TPSA) is 55.8 Å². The fourth-order valence-corrected chi connectivity index (χ4v) is 4.87. The Morgan fingerprint density at radius 1 is 0.917 bits per heavy atom. The summed E-state index contributed by atoms with van der Waals surface area (Å²) in [6.45, 7) is 0.430. The van der Waals surface area contributed by atoms with E-state index in [-0.39, 0.29) is 23.5 Å². The van der Waals surface area contributed by atoms with Gasteiger partial charge in [-0.05, 0) is 69.6 Å². The van der Waals surface area contributed by atoms with Crippen LogP contribution in [-0.2, 0) is 17.9 Å². The van der Waals surface area contributed by atoms with Crippen LogP contribution in [0.1, 0.15) is 16.7 Å². The Hall–Kier alpha value is -4.10. The number of amides is 2. The molecular formula is C29H22FNO4S. The van der Waals surface area contributed by atoms with E-state index in [0.29, 0.717) is 34.1 Å². The molecule has 1 aliphatic heterocycles. The third-order valence-electron chi connectivity index (χ3n) is 5.88. The molecule has 2 amide bonds. The number of thioether (sulfide) groups is 1. The maximum atomic E-state index is 13.2. The molecule has 0 radical (unpaired) electrons. The lowest BCUT2D eigenvalue weighted by Gasteiger charge is -2.13. The van der Waals surface area contributed by atoms with Gasteiger partial charge < -0.3 is 9.47 Å². The molecule has 0 atom stereocenters. The second-order valence-electron chi connectivity index (χ2n) is 8.23. The second kappa shape index (κ2) is 10.3. The molecule has 0 aliphatic carbocycles. The number of methoxy groups -OCH3 is 1. The highest BCUT2D eigenvalue weighted by Crippen LogP contribution is 2.35. The van der Waals surface area contributed by atoms with Crippen LogP contribution in [0.25, 0.3) is 16.8 Å². The molecule has 0 aromatic heterocycles. The summed E-state index contributed by atoms with van der Waals surface area (Å²) in [4.78, 5) is 26.9. The Bertz CT molecular complexity index is 1480. The van der Waals surface area contributed by atoms with Crippen molar-refractivity contribution in [2.75, 3.05) is 7.11 Å². The average molecular weight is 500 g/mol. The summed E-state index contributed by atoms with van der Waals surface area (Å²) in [5.74, 6) is 0.343. The lowest BCUT2D eigenvalue weighted by atomic mass is 10.1. The molecule has 36 heavy (non-hydrogen) atoms. The van der Waals surface area contributed by atoms with E-state index in [1.54, 1.807) is 43.5 Å². The van der Waals surface area contributed by atoms with Crippen LogP contribution in [0.2, 0.25) is 0 Å². The molecule has 0 N–H and O–H groups in total. The Labute approximate surface area is 212 Å². The van der Waals surface area contributed by atoms with Gasteiger partial charge in [-0.1, -0.05) is 60.7 Å². The van der Waals surface area contributed by atoms with E-state index in [4.69, 9.17) is 9.47 Å². The molecule has 0 spiro atoms. The van der Waals surface area contributed by atoms with E-state index in [1.165, 1.54) is 12.1 Å². The molecule has 1 aliphatic rings. The predicted molar refractivity (Wildman–Crippen MR) is 139 cm³/mol. The summed E-state index contributed by atoms with van der Waals surface area (Å²) in [6, 6.07) is 25.3. The van der Waals surface area contributed by atoms with Crippen molar-refractivity contribution >= 4 is 39.8 Å². The highest BCUT2D eigenvalue weighted by Gasteiger charge is 2.35. The minimum atomic E-state index is -0.386. The molecule has 1 fully saturated rings. The molecule has 4 aromatic carbocycles. The van der Waals surface area contributed by atoms with Crippen LogP contribution in [-0.4, -0.2) is 23.2 Å². The van der Waals surface area contributed by atoms with Crippen molar-refractivity contribution in [1.29, 1.82) is 0 Å². The number of hydrogen-bond acceptors (Lipinski definition) is 5. The summed E-state index contributed by atoms with van der Waals surface area (Å²) in [5, 5.41) is 1.89. The van der Waals surface area contributed by atoms with Crippen molar-refractivity contribution in [2.45, 2.75) is 13.2 Å². The summed E-state index contributed by atoms with van der Waals surface area (Å²) < 4.78 is 24.8. The summed E-state index contributed by atoms with van der Waals surface area (Å²) >= 11 is 0.879. The predicted octanol–water partition coefficient (Wildman–Crippen LogP) is 6.80. The molecule has 180 valence electrons. The molecule has 0 saturated carbocycles. The van der Waals surface area contributed by atoms with Crippen LogP contribution < -0.4 is 9.47 Å². The SMILES string of the molecule is COc1ccc(/C=C2\SC(=O)N(Cc3ccc(F)cc3)C2=O)cc1OCc1cccc2ccccc12. The number of carbonyl (C=O) groups excluding carboxylic acids is 2. The molecule has 0 unspecified atom stereocenters. The van der Waals surface area contributed by atoms with Gasteiger partial charge in [-0.25, -0.2) is 4.39 Å². The summed E-state index contributed by atoms with van der Waals surface area (Å²) in [5.41, 5.74) is 2.42. The van der Waals surface area contributed by atoms with Gasteiger partial charge in [0, 0.05) is 0 Å². The summed E-state index contributed by atoms with van der Waals surface area (Å²) in [7, 11) is 1.57. The van der Waals surface area contributed by atoms with Gasteiger partial charge in [-0.2, -0.15) is 0 Å². The molecule has 7 heteroatoms. The number of rotatable bonds is 7. The van der Waals surface area contributed by atoms with Crippen LogP contribution in [0, 0.1) is 5.82 Å². The zero-order valence-corrected chi connectivity index (χ0v) is 20.3. The lowest BCUT2D eigenvalue weighted by Crippen LogP contribution is -2.27. The number of carbonyl (C=O) groups is 2. The second-order valence-corrected chi connectivity index (χ2v) is 9.22. The largest absolute Gasteiger partial charge is 0.493 e. The van der Waals surface area contributed by atoms with Crippen molar-refractivity contribution in [1.82, 2.24) is 4.90 Å². The third kappa shape index (κ3) is 4.97. The van der Waals surface area contributed by atoms with Gasteiger partial charge in [-0.3, -0.25) is 14.5 Å². The molecule has 5 rings (SSSR count). The Balaban J connectivity index is 1.35. The Morgan fingerprint density at radius 3 is 2.50 bits per heavy atom. The van der Waals surface area contributed by atoms with E-state index in [0.717, 1.165) is 33.0 Å². The van der Waals surface area contributed by atoms with Gasteiger partial charge in [0.25, 0.3) is 11.1 Å². The van der Waals surface area contributed by atoms with E-state index in [2.05, 4.69) is 18.2 Å². The van der Waals surface area contributed by atoms with E-state index >= 15 is 0 Å². The molecule has 1 heterocycles. The monoisotopic (exact) mass is 499 g/mol. The molecule has 1 saturated heterocycles. The highest BCUT2D eigenvalue weighted by atomic mass is 32.2. The highest BCUT2D eigenvalue weighted by molar-refractivity contribution is 8.18. The van der Waals surface area contributed by atoms with Crippen molar-refractivity contribution in [3.63, 3.8) is 0 Å². The van der Waals surface area contributed by atoms with E-state index < -0.39 is 0 Å². The number of fused-ring (bicyclic) bond motifs is 1. The molecule has 5 nitrogen and oxygen atoms in total. The first-order chi connectivity index (χ1) is 17.5. The number of hydrogen-bond donors (Lipinski definition) is 0. The normalized spacial score (nSPS) is 14.6. The number of halogens is 1. The average Bonchev–Trinajstić information content (AvgIpc) is 3.16. The number of imide groups is 1. The summed E-state index contributed by atoms with van der Waals surface area (Å²) in [6.07, 6.45) is 1.67. The van der Waals surface area contributed by atoms with E-state index in [1.807, 2.05) is 24.3 Å². The first-order valence-electron chi connectivity index (χ1n) is 11.3. The fraction of sp³-hybridized carbons (Fsp3) is 0.103. The number of benzene rings is 4. The van der Waals surface area contributed by atoms with Gasteiger partial charge in [0.15, 0.2) is 11.5 Å². The van der Waals surface area contributed by atoms with Crippen LogP contribution in [0.5, 0.6) is 11.5 Å². The van der Waals surface area contributed by atoms with Crippen LogP contribution >= 0.6 is 11.8 Å². The minimum Gasteiger partial charge on any atom is -0.493 e. The first kappa shape index (κ1) is 23.6. The van der Waals surface area contributed by atoms with Gasteiger partial charge in [0.05, 0.1) is 18.6 Å². The third-order valence-corrected chi connectivity index (χ3v) is 6.78. The fourth-order valence-electron chi connectivity index (χ4n) is 4.03. The maximum absolute atomic E-state index is 13.2. The first-order valence-corrected chi connectivity index (χ1v) is 12.1. The standard InChI is InChI=1S/C29H22FNO4S/c1-34-25-14-11-20(15-26(25)35-18-22-7-4-6-21-5-2-3-8-24(21)22)16-27-28(32)31(29(33)36-27)17-19-9-12-23(30)13-10-19/h2-16H,17-18H2,1H3/b27-16-. The van der Waals surface area contributed by atoms with Crippen molar-refractivity contribution in [3.8, 4) is 11.5 Å². The van der Waals surface area contributed by atoms with E-state index in [9.17, 15) is 14.0 Å². The van der Waals surface area contributed by atoms with Crippen LogP contribution in [0.3, 0.4) is 0 Å². The quantitative estimate of drug-likeness (QED) is 0.262. The smallest absolute Gasteiger partial charge is 0.293 e. The van der Waals surface area contributed by atoms with Crippen LogP contribution in [0.15, 0.2) is 89.8 Å². The number of ether oxygens (including phenoxy) is 2. The van der Waals surface area contributed by atoms with Crippen molar-refractivity contribution in [2.24, 2.45) is 0 Å². The Morgan fingerprint density at radius 2 is 1.69 bits per heavy atom. The molecule has 0 bridgehead atoms. The minimum absolute atomic E-state index is 0.0876. The van der Waals surface area contributed by atoms with Crippen molar-refractivity contribution in [3.05, 3.63) is 112 Å². The number of nitrogens with zero attached hydrogens (tertiary/aromatic N) is 1. The van der Waals surface area contributed by atoms with Crippen molar-refractivity contribution < 1.29 is 23.5 Å². The maximum Gasteiger partial charge on any atom is 0.293 e. The van der Waals surface area contributed by atoms with Gasteiger partial charge in [0.2, 0.25) is 0 Å². The van der Waals surface area contributed by atoms with Gasteiger partial charge in [0.1, 0.15) is 12.4 Å². The molecular weight excluding hydrogens is 477 g/mol. The van der Waals surface area contributed by atoms with Gasteiger partial charge >= 0.3 is 0 Å². The Kier molecular flexibility index (Phi) is 6.73.